The van der Waals surface area contributed by atoms with Gasteiger partial charge in [0.25, 0.3) is 10.0 Å². The van der Waals surface area contributed by atoms with E-state index in [1.54, 1.807) is 24.3 Å². The van der Waals surface area contributed by atoms with Crippen LogP contribution in [0.5, 0.6) is 0 Å². The lowest BCUT2D eigenvalue weighted by Crippen LogP contribution is -2.41. The summed E-state index contributed by atoms with van der Waals surface area (Å²) in [6, 6.07) is 29.0. The summed E-state index contributed by atoms with van der Waals surface area (Å²) >= 11 is 0. The number of carbonyl (C=O) groups excluding carboxylic acids is 1. The molecule has 43 heavy (non-hydrogen) atoms. The molecular formula is C35H36N2O5S. The molecule has 1 aliphatic heterocycles. The Morgan fingerprint density at radius 2 is 1.40 bits per heavy atom. The zero-order valence-electron chi connectivity index (χ0n) is 24.2. The number of rotatable bonds is 11. The van der Waals surface area contributed by atoms with E-state index < -0.39 is 21.6 Å². The fraction of sp³-hybridized carbons (Fsp3) is 0.257. The maximum absolute atomic E-state index is 13.9. The maximum Gasteiger partial charge on any atom is 0.342 e. The number of nitrogens with zero attached hydrogens (tertiary/aromatic N) is 1. The number of esters is 1. The number of cyclic esters (lactones) is 1. The molecule has 0 spiro atoms. The highest BCUT2D eigenvalue weighted by atomic mass is 32.2. The van der Waals surface area contributed by atoms with E-state index in [-0.39, 0.29) is 22.8 Å². The van der Waals surface area contributed by atoms with Gasteiger partial charge < -0.3 is 9.84 Å². The van der Waals surface area contributed by atoms with Crippen LogP contribution in [0.3, 0.4) is 0 Å². The first-order valence-electron chi connectivity index (χ1n) is 14.5. The summed E-state index contributed by atoms with van der Waals surface area (Å²) in [4.78, 5) is 18.2. The van der Waals surface area contributed by atoms with E-state index >= 15 is 0 Å². The topological polar surface area (TPSA) is 120 Å². The van der Waals surface area contributed by atoms with Crippen LogP contribution in [-0.2, 0) is 38.8 Å². The summed E-state index contributed by atoms with van der Waals surface area (Å²) in [5.41, 5.74) is 3.21. The van der Waals surface area contributed by atoms with Crippen molar-refractivity contribution in [1.82, 2.24) is 4.98 Å². The third kappa shape index (κ3) is 6.87. The number of pyridine rings is 1. The van der Waals surface area contributed by atoms with E-state index in [0.29, 0.717) is 60.8 Å². The normalized spacial score (nSPS) is 14.9. The second kappa shape index (κ2) is 12.9. The largest absolute Gasteiger partial charge is 0.511 e. The molecule has 0 saturated heterocycles. The van der Waals surface area contributed by atoms with Crippen molar-refractivity contribution in [3.05, 3.63) is 125 Å². The van der Waals surface area contributed by atoms with Crippen molar-refractivity contribution in [3.8, 4) is 11.1 Å². The van der Waals surface area contributed by atoms with Crippen LogP contribution < -0.4 is 5.14 Å². The lowest BCUT2D eigenvalue weighted by atomic mass is 9.81. The number of aliphatic hydroxyl groups excluding tert-OH is 1. The van der Waals surface area contributed by atoms with Crippen LogP contribution in [0.4, 0.5) is 0 Å². The molecule has 8 heteroatoms. The standard InChI is InChI=1S/C35H36N2O5S/c1-2-12-28-29(24-37-33(43(36,40)41)31(28)27-17-10-5-11-18-27)32-30(38)23-35(42-34(32)39,21-19-25-13-6-3-7-14-25)22-20-26-15-8-4-9-16-26/h3-11,13-18,24,38H,2,12,19-23H2,1H3,(H2,36,40,41). The predicted octanol–water partition coefficient (Wildman–Crippen LogP) is 6.57. The van der Waals surface area contributed by atoms with E-state index in [2.05, 4.69) is 4.98 Å². The van der Waals surface area contributed by atoms with Crippen LogP contribution in [0.1, 0.15) is 54.9 Å². The van der Waals surface area contributed by atoms with Crippen molar-refractivity contribution in [3.63, 3.8) is 0 Å². The average Bonchev–Trinajstić information content (AvgIpc) is 3.00. The number of aliphatic hydroxyl groups is 1. The van der Waals surface area contributed by atoms with Gasteiger partial charge in [0, 0.05) is 23.7 Å². The lowest BCUT2D eigenvalue weighted by molar-refractivity contribution is -0.157. The van der Waals surface area contributed by atoms with Gasteiger partial charge in [-0.25, -0.2) is 23.3 Å². The van der Waals surface area contributed by atoms with E-state index in [9.17, 15) is 18.3 Å². The smallest absolute Gasteiger partial charge is 0.342 e. The number of primary sulfonamides is 1. The molecule has 0 saturated carbocycles. The van der Waals surface area contributed by atoms with Crippen LogP contribution in [0.15, 0.2) is 108 Å². The van der Waals surface area contributed by atoms with Crippen LogP contribution in [-0.4, -0.2) is 30.1 Å². The third-order valence-corrected chi connectivity index (χ3v) is 8.82. The first kappa shape index (κ1) is 30.2. The SMILES string of the molecule is CCCc1c(C2=C(O)CC(CCc3ccccc3)(CCc3ccccc3)OC2=O)cnc(S(N)(=O)=O)c1-c1ccccc1. The van der Waals surface area contributed by atoms with E-state index in [1.807, 2.05) is 73.7 Å². The molecule has 0 fully saturated rings. The molecule has 7 nitrogen and oxygen atoms in total. The molecule has 0 unspecified atom stereocenters. The van der Waals surface area contributed by atoms with Crippen molar-refractivity contribution >= 4 is 21.6 Å². The Morgan fingerprint density at radius 3 is 1.88 bits per heavy atom. The van der Waals surface area contributed by atoms with E-state index in [1.165, 1.54) is 6.20 Å². The third-order valence-electron chi connectivity index (χ3n) is 7.97. The fourth-order valence-electron chi connectivity index (χ4n) is 5.87. The Morgan fingerprint density at radius 1 is 0.860 bits per heavy atom. The van der Waals surface area contributed by atoms with E-state index in [0.717, 1.165) is 11.1 Å². The first-order chi connectivity index (χ1) is 20.7. The Hall–Kier alpha value is -4.27. The molecule has 0 bridgehead atoms. The molecule has 4 aromatic rings. The van der Waals surface area contributed by atoms with Crippen LogP contribution in [0, 0.1) is 0 Å². The summed E-state index contributed by atoms with van der Waals surface area (Å²) in [6.45, 7) is 1.96. The highest BCUT2D eigenvalue weighted by molar-refractivity contribution is 7.89. The molecule has 0 radical (unpaired) electrons. The Labute approximate surface area is 253 Å². The Balaban J connectivity index is 1.59. The van der Waals surface area contributed by atoms with Gasteiger partial charge in [0.05, 0.1) is 0 Å². The van der Waals surface area contributed by atoms with Gasteiger partial charge in [0.2, 0.25) is 0 Å². The summed E-state index contributed by atoms with van der Waals surface area (Å²) in [6.07, 6.45) is 4.97. The number of hydrogen-bond acceptors (Lipinski definition) is 6. The number of ether oxygens (including phenoxy) is 1. The Kier molecular flexibility index (Phi) is 9.08. The minimum absolute atomic E-state index is 0.0177. The number of aryl methyl sites for hydroxylation is 2. The number of carbonyl (C=O) groups is 1. The molecule has 0 aliphatic carbocycles. The summed E-state index contributed by atoms with van der Waals surface area (Å²) < 4.78 is 31.6. The van der Waals surface area contributed by atoms with Crippen LogP contribution in [0.25, 0.3) is 16.7 Å². The van der Waals surface area contributed by atoms with Gasteiger partial charge >= 0.3 is 5.97 Å². The molecule has 1 aliphatic rings. The van der Waals surface area contributed by atoms with Crippen molar-refractivity contribution in [2.45, 2.75) is 62.5 Å². The van der Waals surface area contributed by atoms with Gasteiger partial charge in [-0.05, 0) is 54.4 Å². The molecule has 5 rings (SSSR count). The number of sulfonamides is 1. The molecule has 1 aromatic heterocycles. The second-order valence-corrected chi connectivity index (χ2v) is 12.5. The quantitative estimate of drug-likeness (QED) is 0.189. The van der Waals surface area contributed by atoms with Crippen LogP contribution in [0.2, 0.25) is 0 Å². The monoisotopic (exact) mass is 596 g/mol. The molecule has 0 atom stereocenters. The van der Waals surface area contributed by atoms with Gasteiger partial charge in [-0.15, -0.1) is 0 Å². The first-order valence-corrected chi connectivity index (χ1v) is 16.1. The highest BCUT2D eigenvalue weighted by Gasteiger charge is 2.43. The van der Waals surface area contributed by atoms with Gasteiger partial charge in [0.15, 0.2) is 5.03 Å². The van der Waals surface area contributed by atoms with Crippen molar-refractivity contribution < 1.29 is 23.1 Å². The number of benzene rings is 3. The summed E-state index contributed by atoms with van der Waals surface area (Å²) in [5.74, 6) is -0.731. The van der Waals surface area contributed by atoms with Gasteiger partial charge in [-0.1, -0.05) is 104 Å². The van der Waals surface area contributed by atoms with Crippen molar-refractivity contribution in [2.24, 2.45) is 5.14 Å². The summed E-state index contributed by atoms with van der Waals surface area (Å²) in [7, 11) is -4.19. The van der Waals surface area contributed by atoms with Crippen LogP contribution >= 0.6 is 0 Å². The average molecular weight is 597 g/mol. The Bertz CT molecular complexity index is 1680. The number of aromatic nitrogens is 1. The molecule has 3 aromatic carbocycles. The van der Waals surface area contributed by atoms with Crippen molar-refractivity contribution in [2.75, 3.05) is 0 Å². The molecule has 0 amide bonds. The lowest BCUT2D eigenvalue weighted by Gasteiger charge is -2.38. The van der Waals surface area contributed by atoms with Gasteiger partial charge in [-0.2, -0.15) is 0 Å². The zero-order valence-corrected chi connectivity index (χ0v) is 25.0. The molecule has 2 heterocycles. The van der Waals surface area contributed by atoms with Gasteiger partial charge in [-0.3, -0.25) is 0 Å². The zero-order chi connectivity index (χ0) is 30.5. The van der Waals surface area contributed by atoms with E-state index in [4.69, 9.17) is 9.88 Å². The molecular weight excluding hydrogens is 560 g/mol. The predicted molar refractivity (Wildman–Crippen MR) is 168 cm³/mol. The molecule has 222 valence electrons. The minimum atomic E-state index is -4.19. The highest BCUT2D eigenvalue weighted by Crippen LogP contribution is 2.42. The second-order valence-electron chi connectivity index (χ2n) is 11.0. The van der Waals surface area contributed by atoms with Crippen molar-refractivity contribution in [1.29, 1.82) is 0 Å². The molecule has 3 N–H and O–H groups in total. The maximum atomic E-state index is 13.9. The van der Waals surface area contributed by atoms with Gasteiger partial charge in [0.1, 0.15) is 16.9 Å². The summed E-state index contributed by atoms with van der Waals surface area (Å²) in [5, 5.41) is 16.9. The fourth-order valence-corrected chi connectivity index (χ4v) is 6.60. The number of hydrogen-bond donors (Lipinski definition) is 2. The number of nitrogens with two attached hydrogens (primary N) is 1. The minimum Gasteiger partial charge on any atom is -0.511 e.